The monoisotopic (exact) mass is 447 g/mol. The predicted molar refractivity (Wildman–Crippen MR) is 113 cm³/mol. The molecule has 0 fully saturated rings. The second kappa shape index (κ2) is 7.24. The molecule has 6 heteroatoms. The molecule has 1 aliphatic rings. The Morgan fingerprint density at radius 1 is 1.04 bits per heavy atom. The third kappa shape index (κ3) is 4.50. The molecule has 0 saturated heterocycles. The molecule has 0 radical (unpaired) electrons. The molecule has 1 aliphatic heterocycles. The molecule has 0 bridgehead atoms. The molecule has 27 heavy (non-hydrogen) atoms. The van der Waals surface area contributed by atoms with Crippen molar-refractivity contribution in [2.45, 2.75) is 32.2 Å². The van der Waals surface area contributed by atoms with Gasteiger partial charge in [0.15, 0.2) is 9.84 Å². The molecule has 3 rings (SSSR count). The van der Waals surface area contributed by atoms with Gasteiger partial charge in [0.1, 0.15) is 0 Å². The SMILES string of the molecule is CC(C)(C)c1ccc(C(=O)N(c2ccc(Br)cc2)[C@H]2C=CS(=O)(=O)C2)cc1. The lowest BCUT2D eigenvalue weighted by molar-refractivity contribution is 0.0983. The molecule has 0 N–H and O–H groups in total. The topological polar surface area (TPSA) is 54.5 Å². The average Bonchev–Trinajstić information content (AvgIpc) is 2.95. The number of anilines is 1. The number of sulfone groups is 1. The zero-order valence-corrected chi connectivity index (χ0v) is 17.9. The van der Waals surface area contributed by atoms with Crippen LogP contribution in [0.3, 0.4) is 0 Å². The van der Waals surface area contributed by atoms with E-state index in [-0.39, 0.29) is 17.1 Å². The first-order valence-corrected chi connectivity index (χ1v) is 11.2. The van der Waals surface area contributed by atoms with Crippen LogP contribution in [-0.2, 0) is 15.3 Å². The van der Waals surface area contributed by atoms with Gasteiger partial charge in [-0.25, -0.2) is 8.42 Å². The van der Waals surface area contributed by atoms with E-state index in [0.717, 1.165) is 10.0 Å². The summed E-state index contributed by atoms with van der Waals surface area (Å²) in [7, 11) is -3.28. The number of hydrogen-bond donors (Lipinski definition) is 0. The van der Waals surface area contributed by atoms with Crippen molar-refractivity contribution >= 4 is 37.4 Å². The lowest BCUT2D eigenvalue weighted by atomic mass is 9.86. The standard InChI is InChI=1S/C21H22BrNO3S/c1-21(2,3)16-6-4-15(5-7-16)20(24)23(18-10-8-17(22)9-11-18)19-12-13-27(25,26)14-19/h4-13,19H,14H2,1-3H3/t19-/m0/s1. The van der Waals surface area contributed by atoms with Gasteiger partial charge in [0.25, 0.3) is 5.91 Å². The van der Waals surface area contributed by atoms with Crippen LogP contribution in [0.1, 0.15) is 36.7 Å². The van der Waals surface area contributed by atoms with Crippen LogP contribution in [0.4, 0.5) is 5.69 Å². The maximum absolute atomic E-state index is 13.3. The molecule has 0 spiro atoms. The highest BCUT2D eigenvalue weighted by atomic mass is 79.9. The van der Waals surface area contributed by atoms with Gasteiger partial charge in [0, 0.05) is 21.1 Å². The molecule has 0 unspecified atom stereocenters. The summed E-state index contributed by atoms with van der Waals surface area (Å²) in [5.74, 6) is -0.320. The van der Waals surface area contributed by atoms with Gasteiger partial charge in [-0.15, -0.1) is 0 Å². The van der Waals surface area contributed by atoms with Crippen molar-refractivity contribution in [2.24, 2.45) is 0 Å². The molecule has 1 amide bonds. The Bertz CT molecular complexity index is 972. The first kappa shape index (κ1) is 19.8. The van der Waals surface area contributed by atoms with Gasteiger partial charge >= 0.3 is 0 Å². The largest absolute Gasteiger partial charge is 0.300 e. The highest BCUT2D eigenvalue weighted by Crippen LogP contribution is 2.28. The molecule has 142 valence electrons. The fourth-order valence-corrected chi connectivity index (χ4v) is 4.57. The second-order valence-electron chi connectivity index (χ2n) is 7.70. The summed E-state index contributed by atoms with van der Waals surface area (Å²) in [6, 6.07) is 14.3. The Labute approximate surface area is 168 Å². The second-order valence-corrected chi connectivity index (χ2v) is 10.6. The summed E-state index contributed by atoms with van der Waals surface area (Å²) in [6.07, 6.45) is 1.58. The Morgan fingerprint density at radius 3 is 2.11 bits per heavy atom. The number of rotatable bonds is 3. The maximum Gasteiger partial charge on any atom is 0.258 e. The lowest BCUT2D eigenvalue weighted by Crippen LogP contribution is -2.41. The Hall–Kier alpha value is -1.92. The molecule has 1 atom stereocenters. The number of hydrogen-bond acceptors (Lipinski definition) is 3. The van der Waals surface area contributed by atoms with Crippen LogP contribution >= 0.6 is 15.9 Å². The number of nitrogens with zero attached hydrogens (tertiary/aromatic N) is 1. The quantitative estimate of drug-likeness (QED) is 0.684. The van der Waals surface area contributed by atoms with E-state index < -0.39 is 15.9 Å². The van der Waals surface area contributed by atoms with E-state index in [4.69, 9.17) is 0 Å². The average molecular weight is 448 g/mol. The van der Waals surface area contributed by atoms with E-state index >= 15 is 0 Å². The highest BCUT2D eigenvalue weighted by Gasteiger charge is 2.32. The van der Waals surface area contributed by atoms with Crippen LogP contribution in [-0.4, -0.2) is 26.1 Å². The summed E-state index contributed by atoms with van der Waals surface area (Å²) >= 11 is 3.39. The van der Waals surface area contributed by atoms with Crippen molar-refractivity contribution < 1.29 is 13.2 Å². The molecule has 1 heterocycles. The minimum absolute atomic E-state index is 0.00472. The van der Waals surface area contributed by atoms with Gasteiger partial charge in [-0.1, -0.05) is 48.8 Å². The normalized spacial score (nSPS) is 18.4. The van der Waals surface area contributed by atoms with Crippen LogP contribution < -0.4 is 4.90 Å². The van der Waals surface area contributed by atoms with Crippen LogP contribution in [0.5, 0.6) is 0 Å². The summed E-state index contributed by atoms with van der Waals surface area (Å²) < 4.78 is 24.7. The van der Waals surface area contributed by atoms with E-state index in [2.05, 4.69) is 36.7 Å². The summed E-state index contributed by atoms with van der Waals surface area (Å²) in [6.45, 7) is 6.35. The van der Waals surface area contributed by atoms with Crippen molar-refractivity contribution in [1.82, 2.24) is 0 Å². The molecule has 0 aromatic heterocycles. The lowest BCUT2D eigenvalue weighted by Gasteiger charge is -2.28. The van der Waals surface area contributed by atoms with Crippen LogP contribution in [0.25, 0.3) is 0 Å². The summed E-state index contributed by atoms with van der Waals surface area (Å²) in [5, 5.41) is 1.19. The number of benzene rings is 2. The molecular formula is C21H22BrNO3S. The van der Waals surface area contributed by atoms with Gasteiger partial charge in [0.2, 0.25) is 0 Å². The minimum Gasteiger partial charge on any atom is -0.300 e. The molecule has 4 nitrogen and oxygen atoms in total. The van der Waals surface area contributed by atoms with Crippen molar-refractivity contribution in [1.29, 1.82) is 0 Å². The molecule has 0 saturated carbocycles. The zero-order valence-electron chi connectivity index (χ0n) is 15.5. The van der Waals surface area contributed by atoms with E-state index in [1.807, 2.05) is 48.5 Å². The Kier molecular flexibility index (Phi) is 5.32. The van der Waals surface area contributed by atoms with Gasteiger partial charge in [-0.3, -0.25) is 4.79 Å². The minimum atomic E-state index is -3.28. The van der Waals surface area contributed by atoms with Crippen molar-refractivity contribution in [3.05, 3.63) is 75.6 Å². The number of carbonyl (C=O) groups excluding carboxylic acids is 1. The summed E-state index contributed by atoms with van der Waals surface area (Å²) in [4.78, 5) is 14.8. The van der Waals surface area contributed by atoms with E-state index in [0.29, 0.717) is 11.3 Å². The molecule has 0 aliphatic carbocycles. The first-order valence-electron chi connectivity index (χ1n) is 8.67. The predicted octanol–water partition coefficient (Wildman–Crippen LogP) is 4.70. The van der Waals surface area contributed by atoms with Crippen molar-refractivity contribution in [3.63, 3.8) is 0 Å². The Balaban J connectivity index is 1.98. The molecular weight excluding hydrogens is 426 g/mol. The molecule has 2 aromatic rings. The first-order chi connectivity index (χ1) is 12.6. The van der Waals surface area contributed by atoms with Gasteiger partial charge in [-0.05, 0) is 53.5 Å². The molecule has 2 aromatic carbocycles. The van der Waals surface area contributed by atoms with Crippen LogP contribution in [0.2, 0.25) is 0 Å². The van der Waals surface area contributed by atoms with Gasteiger partial charge in [0.05, 0.1) is 11.8 Å². The van der Waals surface area contributed by atoms with Gasteiger partial charge in [-0.2, -0.15) is 0 Å². The van der Waals surface area contributed by atoms with Crippen molar-refractivity contribution in [2.75, 3.05) is 10.7 Å². The maximum atomic E-state index is 13.3. The number of amides is 1. The van der Waals surface area contributed by atoms with Crippen molar-refractivity contribution in [3.8, 4) is 0 Å². The van der Waals surface area contributed by atoms with E-state index in [1.54, 1.807) is 11.0 Å². The zero-order chi connectivity index (χ0) is 19.8. The van der Waals surface area contributed by atoms with E-state index in [1.165, 1.54) is 5.41 Å². The number of halogens is 1. The highest BCUT2D eigenvalue weighted by molar-refractivity contribution is 9.10. The fourth-order valence-electron chi connectivity index (χ4n) is 3.03. The van der Waals surface area contributed by atoms with E-state index in [9.17, 15) is 13.2 Å². The third-order valence-corrected chi connectivity index (χ3v) is 6.47. The number of carbonyl (C=O) groups is 1. The smallest absolute Gasteiger partial charge is 0.258 e. The summed E-state index contributed by atoms with van der Waals surface area (Å²) in [5.41, 5.74) is 2.32. The fraction of sp³-hybridized carbons (Fsp3) is 0.286. The van der Waals surface area contributed by atoms with Gasteiger partial charge < -0.3 is 4.90 Å². The van der Waals surface area contributed by atoms with Crippen LogP contribution in [0.15, 0.2) is 64.5 Å². The third-order valence-electron chi connectivity index (χ3n) is 4.56. The Morgan fingerprint density at radius 2 is 1.63 bits per heavy atom. The van der Waals surface area contributed by atoms with Crippen LogP contribution in [0, 0.1) is 0 Å².